The van der Waals surface area contributed by atoms with Crippen LogP contribution in [0.15, 0.2) is 18.5 Å². The minimum absolute atomic E-state index is 0.0159. The summed E-state index contributed by atoms with van der Waals surface area (Å²) in [6, 6.07) is 1.49. The van der Waals surface area contributed by atoms with E-state index in [0.29, 0.717) is 6.54 Å². The topological polar surface area (TPSA) is 62.3 Å². The summed E-state index contributed by atoms with van der Waals surface area (Å²) in [7, 11) is 0. The molecule has 1 N–H and O–H groups in total. The van der Waals surface area contributed by atoms with E-state index in [1.807, 2.05) is 26.8 Å². The highest BCUT2D eigenvalue weighted by molar-refractivity contribution is 5.94. The summed E-state index contributed by atoms with van der Waals surface area (Å²) < 4.78 is 0. The molecule has 1 unspecified atom stereocenters. The van der Waals surface area contributed by atoms with Gasteiger partial charge in [-0.05, 0) is 30.0 Å². The lowest BCUT2D eigenvalue weighted by atomic mass is 10.00. The van der Waals surface area contributed by atoms with E-state index < -0.39 is 6.04 Å². The highest BCUT2D eigenvalue weighted by Gasteiger charge is 2.34. The number of piperazine rings is 1. The van der Waals surface area contributed by atoms with Gasteiger partial charge in [0.1, 0.15) is 6.04 Å². The molecule has 1 atom stereocenters. The molecule has 0 saturated carbocycles. The van der Waals surface area contributed by atoms with E-state index in [2.05, 4.69) is 10.3 Å². The molecule has 0 aromatic carbocycles. The molecule has 1 aliphatic rings. The maximum atomic E-state index is 12.3. The van der Waals surface area contributed by atoms with Crippen LogP contribution in [0.3, 0.4) is 0 Å². The fourth-order valence-electron chi connectivity index (χ4n) is 2.18. The second-order valence-corrected chi connectivity index (χ2v) is 5.29. The van der Waals surface area contributed by atoms with Crippen LogP contribution < -0.4 is 5.32 Å². The predicted octanol–water partition coefficient (Wildman–Crippen LogP) is 0.873. The Balaban J connectivity index is 2.17. The van der Waals surface area contributed by atoms with Crippen LogP contribution in [0.4, 0.5) is 0 Å². The minimum atomic E-state index is -0.418. The van der Waals surface area contributed by atoms with Crippen molar-refractivity contribution in [2.75, 3.05) is 6.54 Å². The summed E-state index contributed by atoms with van der Waals surface area (Å²) in [6.45, 7) is 6.40. The normalized spacial score (nSPS) is 19.8. The summed E-state index contributed by atoms with van der Waals surface area (Å²) in [4.78, 5) is 29.7. The number of hydrogen-bond donors (Lipinski definition) is 1. The number of hydrogen-bond acceptors (Lipinski definition) is 3. The van der Waals surface area contributed by atoms with Gasteiger partial charge in [0.15, 0.2) is 0 Å². The Kier molecular flexibility index (Phi) is 3.83. The molecule has 1 saturated heterocycles. The molecular weight excluding hydrogens is 242 g/mol. The average Bonchev–Trinajstić information content (AvgIpc) is 2.35. The molecule has 0 aliphatic carbocycles. The van der Waals surface area contributed by atoms with Crippen LogP contribution >= 0.6 is 0 Å². The third-order valence-corrected chi connectivity index (χ3v) is 3.40. The highest BCUT2D eigenvalue weighted by atomic mass is 16.2. The van der Waals surface area contributed by atoms with E-state index in [4.69, 9.17) is 0 Å². The zero-order valence-corrected chi connectivity index (χ0v) is 11.5. The van der Waals surface area contributed by atoms with E-state index in [1.54, 1.807) is 17.3 Å². The van der Waals surface area contributed by atoms with Crippen molar-refractivity contribution in [3.05, 3.63) is 29.6 Å². The van der Waals surface area contributed by atoms with Crippen LogP contribution in [0.5, 0.6) is 0 Å². The SMILES string of the molecule is Cc1ccncc1CN1CC(=O)NC(C(C)C)C1=O. The van der Waals surface area contributed by atoms with Gasteiger partial charge in [0, 0.05) is 18.9 Å². The van der Waals surface area contributed by atoms with Crippen LogP contribution in [-0.4, -0.2) is 34.3 Å². The predicted molar refractivity (Wildman–Crippen MR) is 71.2 cm³/mol. The van der Waals surface area contributed by atoms with Gasteiger partial charge >= 0.3 is 0 Å². The minimum Gasteiger partial charge on any atom is -0.343 e. The molecule has 0 bridgehead atoms. The number of pyridine rings is 1. The standard InChI is InChI=1S/C14H19N3O2/c1-9(2)13-14(19)17(8-12(18)16-13)7-11-6-15-5-4-10(11)3/h4-6,9,13H,7-8H2,1-3H3,(H,16,18). The summed E-state index contributed by atoms with van der Waals surface area (Å²) >= 11 is 0. The van der Waals surface area contributed by atoms with Crippen molar-refractivity contribution in [2.24, 2.45) is 5.92 Å². The van der Waals surface area contributed by atoms with Crippen molar-refractivity contribution in [2.45, 2.75) is 33.4 Å². The number of aryl methyl sites for hydroxylation is 1. The lowest BCUT2D eigenvalue weighted by Crippen LogP contribution is -2.59. The molecule has 1 fully saturated rings. The van der Waals surface area contributed by atoms with Gasteiger partial charge in [0.05, 0.1) is 6.54 Å². The lowest BCUT2D eigenvalue weighted by Gasteiger charge is -2.34. The highest BCUT2D eigenvalue weighted by Crippen LogP contribution is 2.15. The molecular formula is C14H19N3O2. The first-order valence-electron chi connectivity index (χ1n) is 6.46. The van der Waals surface area contributed by atoms with Gasteiger partial charge in [-0.3, -0.25) is 14.6 Å². The molecule has 2 rings (SSSR count). The molecule has 0 radical (unpaired) electrons. The van der Waals surface area contributed by atoms with Crippen LogP contribution in [-0.2, 0) is 16.1 Å². The summed E-state index contributed by atoms with van der Waals surface area (Å²) in [5.41, 5.74) is 2.06. The second kappa shape index (κ2) is 5.38. The van der Waals surface area contributed by atoms with Gasteiger partial charge in [-0.15, -0.1) is 0 Å². The van der Waals surface area contributed by atoms with Crippen molar-refractivity contribution in [1.29, 1.82) is 0 Å². The number of amides is 2. The Bertz CT molecular complexity index is 499. The van der Waals surface area contributed by atoms with Crippen molar-refractivity contribution in [1.82, 2.24) is 15.2 Å². The van der Waals surface area contributed by atoms with Gasteiger partial charge in [0.25, 0.3) is 0 Å². The maximum Gasteiger partial charge on any atom is 0.246 e. The third kappa shape index (κ3) is 2.92. The monoisotopic (exact) mass is 261 g/mol. The van der Waals surface area contributed by atoms with Crippen molar-refractivity contribution in [3.8, 4) is 0 Å². The van der Waals surface area contributed by atoms with Crippen LogP contribution in [0.2, 0.25) is 0 Å². The zero-order chi connectivity index (χ0) is 14.0. The van der Waals surface area contributed by atoms with E-state index in [0.717, 1.165) is 11.1 Å². The fraction of sp³-hybridized carbons (Fsp3) is 0.500. The number of nitrogens with zero attached hydrogens (tertiary/aromatic N) is 2. The first-order valence-corrected chi connectivity index (χ1v) is 6.46. The summed E-state index contributed by atoms with van der Waals surface area (Å²) in [5, 5.41) is 2.75. The number of carbonyl (C=O) groups is 2. The quantitative estimate of drug-likeness (QED) is 0.878. The molecule has 19 heavy (non-hydrogen) atoms. The second-order valence-electron chi connectivity index (χ2n) is 5.29. The van der Waals surface area contributed by atoms with Crippen LogP contribution in [0.25, 0.3) is 0 Å². The largest absolute Gasteiger partial charge is 0.343 e. The average molecular weight is 261 g/mol. The molecule has 2 amide bonds. The molecule has 0 spiro atoms. The van der Waals surface area contributed by atoms with E-state index >= 15 is 0 Å². The molecule has 1 aliphatic heterocycles. The Labute approximate surface area is 113 Å². The van der Waals surface area contributed by atoms with E-state index in [1.165, 1.54) is 0 Å². The van der Waals surface area contributed by atoms with Gasteiger partial charge in [-0.25, -0.2) is 0 Å². The zero-order valence-electron chi connectivity index (χ0n) is 11.5. The third-order valence-electron chi connectivity index (χ3n) is 3.40. The number of rotatable bonds is 3. The number of aromatic nitrogens is 1. The van der Waals surface area contributed by atoms with Gasteiger partial charge in [-0.2, -0.15) is 0 Å². The Morgan fingerprint density at radius 1 is 1.47 bits per heavy atom. The molecule has 5 nitrogen and oxygen atoms in total. The van der Waals surface area contributed by atoms with Gasteiger partial charge < -0.3 is 10.2 Å². The fourth-order valence-corrected chi connectivity index (χ4v) is 2.18. The smallest absolute Gasteiger partial charge is 0.246 e. The Morgan fingerprint density at radius 2 is 2.21 bits per heavy atom. The molecule has 5 heteroatoms. The van der Waals surface area contributed by atoms with Crippen molar-refractivity contribution in [3.63, 3.8) is 0 Å². The van der Waals surface area contributed by atoms with Crippen LogP contribution in [0, 0.1) is 12.8 Å². The number of carbonyl (C=O) groups excluding carboxylic acids is 2. The molecule has 102 valence electrons. The van der Waals surface area contributed by atoms with E-state index in [-0.39, 0.29) is 24.3 Å². The van der Waals surface area contributed by atoms with Crippen molar-refractivity contribution < 1.29 is 9.59 Å². The molecule has 2 heterocycles. The summed E-state index contributed by atoms with van der Waals surface area (Å²) in [6.07, 6.45) is 3.47. The van der Waals surface area contributed by atoms with Gasteiger partial charge in [-0.1, -0.05) is 13.8 Å². The van der Waals surface area contributed by atoms with Crippen LogP contribution in [0.1, 0.15) is 25.0 Å². The summed E-state index contributed by atoms with van der Waals surface area (Å²) in [5.74, 6) is -0.0214. The first-order chi connectivity index (χ1) is 8.99. The lowest BCUT2D eigenvalue weighted by molar-refractivity contribution is -0.146. The van der Waals surface area contributed by atoms with Gasteiger partial charge in [0.2, 0.25) is 11.8 Å². The molecule has 1 aromatic heterocycles. The number of nitrogens with one attached hydrogen (secondary N) is 1. The maximum absolute atomic E-state index is 12.3. The Morgan fingerprint density at radius 3 is 2.84 bits per heavy atom. The Hall–Kier alpha value is -1.91. The first kappa shape index (κ1) is 13.5. The van der Waals surface area contributed by atoms with Crippen molar-refractivity contribution >= 4 is 11.8 Å². The van der Waals surface area contributed by atoms with E-state index in [9.17, 15) is 9.59 Å². The molecule has 1 aromatic rings.